The smallest absolute Gasteiger partial charge is 0.339 e. The molecule has 0 spiro atoms. The van der Waals surface area contributed by atoms with E-state index >= 15 is 0 Å². The Balaban J connectivity index is 3.28. The zero-order valence-corrected chi connectivity index (χ0v) is 7.94. The zero-order valence-electron chi connectivity index (χ0n) is 7.94. The summed E-state index contributed by atoms with van der Waals surface area (Å²) in [7, 11) is 1.47. The minimum atomic E-state index is -0.502. The van der Waals surface area contributed by atoms with Gasteiger partial charge in [0.1, 0.15) is 17.8 Å². The van der Waals surface area contributed by atoms with E-state index in [1.54, 1.807) is 6.92 Å². The van der Waals surface area contributed by atoms with Crippen molar-refractivity contribution < 1.29 is 13.9 Å². The average molecular weight is 194 g/mol. The Kier molecular flexibility index (Phi) is 3.23. The van der Waals surface area contributed by atoms with Crippen LogP contribution < -0.4 is 10.4 Å². The molecule has 0 amide bonds. The maximum atomic E-state index is 11.0. The fourth-order valence-corrected chi connectivity index (χ4v) is 1.05. The SMILES string of the molecule is COc1cc(=O)oc(/C=C/C=O)c1C. The van der Waals surface area contributed by atoms with E-state index in [0.29, 0.717) is 23.4 Å². The lowest BCUT2D eigenvalue weighted by atomic mass is 10.2. The molecule has 1 heterocycles. The van der Waals surface area contributed by atoms with Gasteiger partial charge in [0, 0.05) is 5.56 Å². The van der Waals surface area contributed by atoms with Gasteiger partial charge in [0.15, 0.2) is 0 Å². The Bertz CT molecular complexity index is 415. The number of carbonyl (C=O) groups excluding carboxylic acids is 1. The number of allylic oxidation sites excluding steroid dienone is 1. The van der Waals surface area contributed by atoms with Crippen LogP contribution in [0.1, 0.15) is 11.3 Å². The Morgan fingerprint density at radius 2 is 2.21 bits per heavy atom. The van der Waals surface area contributed by atoms with Crippen molar-refractivity contribution in [3.8, 4) is 5.75 Å². The summed E-state index contributed by atoms with van der Waals surface area (Å²) in [6.07, 6.45) is 3.29. The van der Waals surface area contributed by atoms with Crippen molar-refractivity contribution in [2.24, 2.45) is 0 Å². The van der Waals surface area contributed by atoms with E-state index in [1.165, 1.54) is 25.3 Å². The largest absolute Gasteiger partial charge is 0.496 e. The lowest BCUT2D eigenvalue weighted by Gasteiger charge is -2.04. The van der Waals surface area contributed by atoms with Gasteiger partial charge in [0.05, 0.1) is 13.2 Å². The molecule has 14 heavy (non-hydrogen) atoms. The van der Waals surface area contributed by atoms with Crippen molar-refractivity contribution in [3.63, 3.8) is 0 Å². The molecule has 0 bridgehead atoms. The fraction of sp³-hybridized carbons (Fsp3) is 0.200. The van der Waals surface area contributed by atoms with Crippen molar-refractivity contribution in [2.75, 3.05) is 7.11 Å². The first-order valence-electron chi connectivity index (χ1n) is 3.99. The van der Waals surface area contributed by atoms with Gasteiger partial charge in [-0.15, -0.1) is 0 Å². The van der Waals surface area contributed by atoms with Crippen LogP contribution in [0.5, 0.6) is 5.75 Å². The molecule has 0 aliphatic heterocycles. The van der Waals surface area contributed by atoms with Gasteiger partial charge in [-0.25, -0.2) is 4.79 Å². The Morgan fingerprint density at radius 1 is 1.50 bits per heavy atom. The van der Waals surface area contributed by atoms with Crippen LogP contribution in [0.3, 0.4) is 0 Å². The predicted molar refractivity (Wildman–Crippen MR) is 51.4 cm³/mol. The summed E-state index contributed by atoms with van der Waals surface area (Å²) in [4.78, 5) is 21.1. The van der Waals surface area contributed by atoms with Gasteiger partial charge in [-0.2, -0.15) is 0 Å². The van der Waals surface area contributed by atoms with Crippen molar-refractivity contribution in [3.05, 3.63) is 33.9 Å². The molecule has 0 aliphatic rings. The first kappa shape index (κ1) is 10.2. The van der Waals surface area contributed by atoms with E-state index in [2.05, 4.69) is 0 Å². The van der Waals surface area contributed by atoms with Crippen LogP contribution in [0.25, 0.3) is 6.08 Å². The van der Waals surface area contributed by atoms with Crippen molar-refractivity contribution in [1.82, 2.24) is 0 Å². The Hall–Kier alpha value is -1.84. The summed E-state index contributed by atoms with van der Waals surface area (Å²) in [6.45, 7) is 1.74. The van der Waals surface area contributed by atoms with Crippen molar-refractivity contribution >= 4 is 12.4 Å². The van der Waals surface area contributed by atoms with E-state index in [1.807, 2.05) is 0 Å². The summed E-state index contributed by atoms with van der Waals surface area (Å²) in [5.74, 6) is 0.785. The van der Waals surface area contributed by atoms with Gasteiger partial charge in [0.25, 0.3) is 0 Å². The maximum Gasteiger partial charge on any atom is 0.339 e. The molecule has 74 valence electrons. The predicted octanol–water partition coefficient (Wildman–Crippen LogP) is 1.17. The zero-order chi connectivity index (χ0) is 10.6. The molecular weight excluding hydrogens is 184 g/mol. The van der Waals surface area contributed by atoms with Gasteiger partial charge >= 0.3 is 5.63 Å². The van der Waals surface area contributed by atoms with Crippen molar-refractivity contribution in [2.45, 2.75) is 6.92 Å². The lowest BCUT2D eigenvalue weighted by molar-refractivity contribution is -0.104. The molecule has 0 unspecified atom stereocenters. The third kappa shape index (κ3) is 2.10. The van der Waals surface area contributed by atoms with Crippen LogP contribution in [-0.2, 0) is 4.79 Å². The summed E-state index contributed by atoms with van der Waals surface area (Å²) < 4.78 is 9.84. The molecule has 0 radical (unpaired) electrons. The highest BCUT2D eigenvalue weighted by molar-refractivity contribution is 5.73. The van der Waals surface area contributed by atoms with Gasteiger partial charge in [-0.1, -0.05) is 0 Å². The van der Waals surface area contributed by atoms with E-state index < -0.39 is 5.63 Å². The van der Waals surface area contributed by atoms with Gasteiger partial charge in [-0.05, 0) is 19.1 Å². The molecule has 0 fully saturated rings. The van der Waals surface area contributed by atoms with Crippen LogP contribution in [0.4, 0.5) is 0 Å². The number of hydrogen-bond acceptors (Lipinski definition) is 4. The highest BCUT2D eigenvalue weighted by Gasteiger charge is 2.06. The number of aldehydes is 1. The van der Waals surface area contributed by atoms with E-state index in [-0.39, 0.29) is 0 Å². The highest BCUT2D eigenvalue weighted by Crippen LogP contribution is 2.19. The Morgan fingerprint density at radius 3 is 2.79 bits per heavy atom. The van der Waals surface area contributed by atoms with Crippen LogP contribution in [0, 0.1) is 6.92 Å². The molecule has 4 heteroatoms. The maximum absolute atomic E-state index is 11.0. The van der Waals surface area contributed by atoms with E-state index in [9.17, 15) is 9.59 Å². The fourth-order valence-electron chi connectivity index (χ4n) is 1.05. The highest BCUT2D eigenvalue weighted by atomic mass is 16.5. The van der Waals surface area contributed by atoms with Crippen LogP contribution in [-0.4, -0.2) is 13.4 Å². The molecule has 1 aromatic heterocycles. The standard InChI is InChI=1S/C10H10O4/c1-7-8(4-3-5-11)14-10(12)6-9(7)13-2/h3-6H,1-2H3/b4-3+. The quantitative estimate of drug-likeness (QED) is 0.535. The average Bonchev–Trinajstić information content (AvgIpc) is 2.18. The summed E-state index contributed by atoms with van der Waals surface area (Å²) in [6, 6.07) is 1.26. The number of hydrogen-bond donors (Lipinski definition) is 0. The molecule has 0 atom stereocenters. The minimum absolute atomic E-state index is 0.335. The van der Waals surface area contributed by atoms with E-state index in [4.69, 9.17) is 9.15 Å². The molecular formula is C10H10O4. The molecule has 1 aromatic rings. The van der Waals surface area contributed by atoms with E-state index in [0.717, 1.165) is 0 Å². The van der Waals surface area contributed by atoms with Crippen LogP contribution in [0.15, 0.2) is 21.4 Å². The molecule has 1 rings (SSSR count). The summed E-state index contributed by atoms with van der Waals surface area (Å²) in [5.41, 5.74) is 0.184. The van der Waals surface area contributed by atoms with Crippen LogP contribution in [0.2, 0.25) is 0 Å². The lowest BCUT2D eigenvalue weighted by Crippen LogP contribution is -2.02. The third-order valence-corrected chi connectivity index (χ3v) is 1.74. The Labute approximate surface area is 80.8 Å². The molecule has 0 aliphatic carbocycles. The number of carbonyl (C=O) groups is 1. The molecule has 0 aromatic carbocycles. The molecule has 4 nitrogen and oxygen atoms in total. The van der Waals surface area contributed by atoms with Gasteiger partial charge < -0.3 is 9.15 Å². The number of ether oxygens (including phenoxy) is 1. The molecule has 0 saturated heterocycles. The summed E-state index contributed by atoms with van der Waals surface area (Å²) in [5, 5.41) is 0. The monoisotopic (exact) mass is 194 g/mol. The minimum Gasteiger partial charge on any atom is -0.496 e. The van der Waals surface area contributed by atoms with Crippen molar-refractivity contribution in [1.29, 1.82) is 0 Å². The molecule has 0 saturated carbocycles. The summed E-state index contributed by atoms with van der Waals surface area (Å²) >= 11 is 0. The normalized spacial score (nSPS) is 10.4. The van der Waals surface area contributed by atoms with Gasteiger partial charge in [-0.3, -0.25) is 4.79 Å². The first-order chi connectivity index (χ1) is 6.69. The van der Waals surface area contributed by atoms with Crippen LogP contribution >= 0.6 is 0 Å². The number of rotatable bonds is 3. The third-order valence-electron chi connectivity index (χ3n) is 1.74. The second-order valence-electron chi connectivity index (χ2n) is 2.62. The second kappa shape index (κ2) is 4.41. The first-order valence-corrected chi connectivity index (χ1v) is 3.99. The number of methoxy groups -OCH3 is 1. The molecule has 0 N–H and O–H groups in total. The second-order valence-corrected chi connectivity index (χ2v) is 2.62. The van der Waals surface area contributed by atoms with Gasteiger partial charge in [0.2, 0.25) is 0 Å². The topological polar surface area (TPSA) is 56.5 Å².